The smallest absolute Gasteiger partial charge is 0.193 e. The first-order valence-corrected chi connectivity index (χ1v) is 7.30. The molecule has 1 aromatic heterocycles. The third kappa shape index (κ3) is 5.30. The van der Waals surface area contributed by atoms with Crippen LogP contribution in [0.15, 0.2) is 17.4 Å². The van der Waals surface area contributed by atoms with Gasteiger partial charge in [-0.25, -0.2) is 0 Å². The Morgan fingerprint density at radius 2 is 2.15 bits per heavy atom. The molecule has 1 saturated heterocycles. The first-order valence-electron chi connectivity index (χ1n) is 7.30. The zero-order chi connectivity index (χ0) is 13.5. The van der Waals surface area contributed by atoms with Crippen LogP contribution in [0.4, 0.5) is 0 Å². The van der Waals surface area contributed by atoms with E-state index in [1.807, 2.05) is 17.9 Å². The van der Waals surface area contributed by atoms with E-state index < -0.39 is 0 Å². The molecule has 1 aromatic rings. The number of aromatic nitrogens is 2. The monoisotopic (exact) mass is 391 g/mol. The van der Waals surface area contributed by atoms with Crippen LogP contribution in [0.1, 0.15) is 31.7 Å². The number of aliphatic imine (C=N–C) groups is 1. The van der Waals surface area contributed by atoms with Gasteiger partial charge in [-0.2, -0.15) is 5.10 Å². The van der Waals surface area contributed by atoms with E-state index >= 15 is 0 Å². The van der Waals surface area contributed by atoms with Crippen molar-refractivity contribution in [3.63, 3.8) is 0 Å². The Morgan fingerprint density at radius 3 is 2.75 bits per heavy atom. The maximum Gasteiger partial charge on any atom is 0.193 e. The summed E-state index contributed by atoms with van der Waals surface area (Å²) in [5.74, 6) is 1.09. The molecule has 0 aliphatic carbocycles. The van der Waals surface area contributed by atoms with E-state index in [1.165, 1.54) is 18.4 Å². The molecule has 1 fully saturated rings. The van der Waals surface area contributed by atoms with Gasteiger partial charge in [-0.05, 0) is 38.2 Å². The van der Waals surface area contributed by atoms with Crippen molar-refractivity contribution < 1.29 is 0 Å². The predicted octanol–water partition coefficient (Wildman–Crippen LogP) is 2.03. The minimum Gasteiger partial charge on any atom is -0.357 e. The molecular weight excluding hydrogens is 365 g/mol. The molecule has 0 amide bonds. The van der Waals surface area contributed by atoms with Crippen molar-refractivity contribution in [1.29, 1.82) is 0 Å². The summed E-state index contributed by atoms with van der Waals surface area (Å²) in [7, 11) is 1.96. The van der Waals surface area contributed by atoms with Gasteiger partial charge in [0.05, 0.1) is 6.20 Å². The predicted molar refractivity (Wildman–Crippen MR) is 93.7 cm³/mol. The van der Waals surface area contributed by atoms with Crippen LogP contribution in [-0.2, 0) is 13.5 Å². The third-order valence-corrected chi connectivity index (χ3v) is 3.38. The molecule has 0 atom stereocenters. The summed E-state index contributed by atoms with van der Waals surface area (Å²) >= 11 is 0. The first kappa shape index (κ1) is 17.3. The van der Waals surface area contributed by atoms with E-state index in [-0.39, 0.29) is 24.0 Å². The number of hydrogen-bond donors (Lipinski definition) is 1. The van der Waals surface area contributed by atoms with Crippen molar-refractivity contribution in [2.24, 2.45) is 12.0 Å². The van der Waals surface area contributed by atoms with E-state index in [2.05, 4.69) is 28.4 Å². The third-order valence-electron chi connectivity index (χ3n) is 3.38. The number of rotatable bonds is 5. The average Bonchev–Trinajstić information content (AvgIpc) is 3.04. The van der Waals surface area contributed by atoms with Crippen LogP contribution < -0.4 is 5.32 Å². The van der Waals surface area contributed by atoms with Gasteiger partial charge in [-0.1, -0.05) is 0 Å². The van der Waals surface area contributed by atoms with E-state index in [4.69, 9.17) is 4.99 Å². The van der Waals surface area contributed by atoms with Gasteiger partial charge in [0.15, 0.2) is 5.96 Å². The van der Waals surface area contributed by atoms with Gasteiger partial charge < -0.3 is 10.2 Å². The Hall–Kier alpha value is -0.790. The highest BCUT2D eigenvalue weighted by Gasteiger charge is 2.14. The molecule has 0 aromatic carbocycles. The van der Waals surface area contributed by atoms with E-state index in [0.717, 1.165) is 45.0 Å². The van der Waals surface area contributed by atoms with Crippen LogP contribution >= 0.6 is 24.0 Å². The van der Waals surface area contributed by atoms with Crippen LogP contribution in [-0.4, -0.2) is 46.8 Å². The maximum absolute atomic E-state index is 4.72. The summed E-state index contributed by atoms with van der Waals surface area (Å²) in [5.41, 5.74) is 1.30. The van der Waals surface area contributed by atoms with Crippen molar-refractivity contribution in [2.45, 2.75) is 32.6 Å². The zero-order valence-corrected chi connectivity index (χ0v) is 14.8. The second-order valence-corrected chi connectivity index (χ2v) is 5.06. The summed E-state index contributed by atoms with van der Waals surface area (Å²) in [6.07, 6.45) is 8.73. The zero-order valence-electron chi connectivity index (χ0n) is 12.5. The van der Waals surface area contributed by atoms with Crippen molar-refractivity contribution in [3.8, 4) is 0 Å². The minimum atomic E-state index is 0. The fourth-order valence-corrected chi connectivity index (χ4v) is 2.42. The number of guanidine groups is 1. The fraction of sp³-hybridized carbons (Fsp3) is 0.714. The van der Waals surface area contributed by atoms with Crippen LogP contribution in [0.3, 0.4) is 0 Å². The summed E-state index contributed by atoms with van der Waals surface area (Å²) in [4.78, 5) is 7.09. The van der Waals surface area contributed by atoms with Crippen LogP contribution in [0.25, 0.3) is 0 Å². The highest BCUT2D eigenvalue weighted by molar-refractivity contribution is 14.0. The van der Waals surface area contributed by atoms with E-state index in [0.29, 0.717) is 0 Å². The molecule has 5 nitrogen and oxygen atoms in total. The van der Waals surface area contributed by atoms with Gasteiger partial charge in [0.25, 0.3) is 0 Å². The Morgan fingerprint density at radius 1 is 1.40 bits per heavy atom. The van der Waals surface area contributed by atoms with Crippen molar-refractivity contribution in [3.05, 3.63) is 18.0 Å². The Labute approximate surface area is 138 Å². The molecule has 0 spiro atoms. The molecule has 1 aliphatic rings. The van der Waals surface area contributed by atoms with Gasteiger partial charge in [-0.15, -0.1) is 24.0 Å². The van der Waals surface area contributed by atoms with E-state index in [9.17, 15) is 0 Å². The van der Waals surface area contributed by atoms with Crippen LogP contribution in [0.2, 0.25) is 0 Å². The normalized spacial score (nSPS) is 15.3. The molecule has 20 heavy (non-hydrogen) atoms. The van der Waals surface area contributed by atoms with Gasteiger partial charge in [0, 0.05) is 39.4 Å². The highest BCUT2D eigenvalue weighted by Crippen LogP contribution is 2.08. The number of hydrogen-bond acceptors (Lipinski definition) is 2. The van der Waals surface area contributed by atoms with Crippen LogP contribution in [0.5, 0.6) is 0 Å². The average molecular weight is 391 g/mol. The number of nitrogens with one attached hydrogen (secondary N) is 1. The lowest BCUT2D eigenvalue weighted by atomic mass is 10.2. The second kappa shape index (κ2) is 9.20. The molecule has 1 N–H and O–H groups in total. The minimum absolute atomic E-state index is 0. The summed E-state index contributed by atoms with van der Waals surface area (Å²) in [5, 5.41) is 7.57. The maximum atomic E-state index is 4.72. The summed E-state index contributed by atoms with van der Waals surface area (Å²) in [6.45, 7) is 6.25. The lowest BCUT2D eigenvalue weighted by Gasteiger charge is -2.20. The molecule has 114 valence electrons. The summed E-state index contributed by atoms with van der Waals surface area (Å²) in [6, 6.07) is 0. The summed E-state index contributed by atoms with van der Waals surface area (Å²) < 4.78 is 1.85. The molecule has 1 aliphatic heterocycles. The lowest BCUT2D eigenvalue weighted by Crippen LogP contribution is -2.39. The topological polar surface area (TPSA) is 45.5 Å². The Kier molecular flexibility index (Phi) is 7.94. The molecule has 6 heteroatoms. The first-order chi connectivity index (χ1) is 9.29. The molecular formula is C14H26IN5. The van der Waals surface area contributed by atoms with Gasteiger partial charge >= 0.3 is 0 Å². The second-order valence-electron chi connectivity index (χ2n) is 5.06. The lowest BCUT2D eigenvalue weighted by molar-refractivity contribution is 0.493. The number of likely N-dealkylation sites (tertiary alicyclic amines) is 1. The van der Waals surface area contributed by atoms with Gasteiger partial charge in [0.1, 0.15) is 0 Å². The standard InChI is InChI=1S/C14H25N5.HI/c1-3-15-14(19-9-4-5-10-19)16-8-6-7-13-11-17-18(2)12-13;/h11-12H,3-10H2,1-2H3,(H,15,16);1H. The van der Waals surface area contributed by atoms with Crippen molar-refractivity contribution in [2.75, 3.05) is 26.2 Å². The Balaban J connectivity index is 0.00000200. The Bertz CT molecular complexity index is 409. The quantitative estimate of drug-likeness (QED) is 0.362. The van der Waals surface area contributed by atoms with Crippen LogP contribution in [0, 0.1) is 0 Å². The molecule has 0 radical (unpaired) electrons. The molecule has 0 bridgehead atoms. The number of nitrogens with zero attached hydrogens (tertiary/aromatic N) is 4. The SMILES string of the molecule is CCNC(=NCCCc1cnn(C)c1)N1CCCC1.I. The number of halogens is 1. The van der Waals surface area contributed by atoms with Gasteiger partial charge in [0.2, 0.25) is 0 Å². The van der Waals surface area contributed by atoms with Gasteiger partial charge in [-0.3, -0.25) is 9.67 Å². The largest absolute Gasteiger partial charge is 0.357 e. The molecule has 2 heterocycles. The highest BCUT2D eigenvalue weighted by atomic mass is 127. The van der Waals surface area contributed by atoms with Crippen molar-refractivity contribution in [1.82, 2.24) is 20.0 Å². The molecule has 2 rings (SSSR count). The van der Waals surface area contributed by atoms with E-state index in [1.54, 1.807) is 0 Å². The molecule has 0 saturated carbocycles. The fourth-order valence-electron chi connectivity index (χ4n) is 2.42. The molecule has 0 unspecified atom stereocenters. The van der Waals surface area contributed by atoms with Crippen molar-refractivity contribution >= 4 is 29.9 Å². The number of aryl methyl sites for hydroxylation is 2.